The van der Waals surface area contributed by atoms with Crippen LogP contribution >= 0.6 is 0 Å². The van der Waals surface area contributed by atoms with Crippen molar-refractivity contribution in [2.45, 2.75) is 32.4 Å². The van der Waals surface area contributed by atoms with Crippen LogP contribution in [0, 0.1) is 6.92 Å². The van der Waals surface area contributed by atoms with Gasteiger partial charge in [-0.05, 0) is 37.5 Å². The lowest BCUT2D eigenvalue weighted by Gasteiger charge is -2.26. The van der Waals surface area contributed by atoms with Crippen molar-refractivity contribution in [3.8, 4) is 11.3 Å². The monoisotopic (exact) mass is 421 g/mol. The minimum absolute atomic E-state index is 0.00353. The first-order valence-electron chi connectivity index (χ1n) is 10.3. The lowest BCUT2D eigenvalue weighted by Crippen LogP contribution is -2.31. The molecule has 162 valence electrons. The van der Waals surface area contributed by atoms with E-state index in [1.54, 1.807) is 13.3 Å². The average Bonchev–Trinajstić information content (AvgIpc) is 3.43. The van der Waals surface area contributed by atoms with Gasteiger partial charge in [0.05, 0.1) is 29.6 Å². The molecule has 1 fully saturated rings. The van der Waals surface area contributed by atoms with E-state index in [-0.39, 0.29) is 11.9 Å². The fraction of sp³-hybridized carbons (Fsp3) is 0.391. The molecule has 8 nitrogen and oxygen atoms in total. The van der Waals surface area contributed by atoms with E-state index < -0.39 is 0 Å². The van der Waals surface area contributed by atoms with Crippen molar-refractivity contribution < 1.29 is 14.1 Å². The van der Waals surface area contributed by atoms with Gasteiger partial charge in [0.1, 0.15) is 0 Å². The van der Waals surface area contributed by atoms with Crippen LogP contribution < -0.4 is 4.90 Å². The van der Waals surface area contributed by atoms with E-state index in [1.165, 1.54) is 0 Å². The average molecular weight is 422 g/mol. The van der Waals surface area contributed by atoms with Crippen molar-refractivity contribution in [1.29, 1.82) is 0 Å². The SMILES string of the molecule is COCc1ccc(C(=O)N2CCC[C@H]2c2nc(N(C)C)ncc2-c2cc(C)no2)cc1. The quantitative estimate of drug-likeness (QED) is 0.601. The fourth-order valence-electron chi connectivity index (χ4n) is 3.91. The number of nitrogens with zero attached hydrogens (tertiary/aromatic N) is 5. The minimum Gasteiger partial charge on any atom is -0.380 e. The number of methoxy groups -OCH3 is 1. The number of aromatic nitrogens is 3. The van der Waals surface area contributed by atoms with Crippen molar-refractivity contribution in [3.63, 3.8) is 0 Å². The van der Waals surface area contributed by atoms with Crippen molar-refractivity contribution >= 4 is 11.9 Å². The van der Waals surface area contributed by atoms with Crippen molar-refractivity contribution in [1.82, 2.24) is 20.0 Å². The van der Waals surface area contributed by atoms with Gasteiger partial charge < -0.3 is 19.1 Å². The molecule has 2 aromatic heterocycles. The molecule has 3 aromatic rings. The Hall–Kier alpha value is -3.26. The molecule has 3 heterocycles. The Morgan fingerprint density at radius 3 is 2.71 bits per heavy atom. The summed E-state index contributed by atoms with van der Waals surface area (Å²) in [7, 11) is 5.46. The van der Waals surface area contributed by atoms with Crippen LogP contribution in [-0.2, 0) is 11.3 Å². The molecular formula is C23H27N5O3. The number of carbonyl (C=O) groups excluding carboxylic acids is 1. The largest absolute Gasteiger partial charge is 0.380 e. The number of carbonyl (C=O) groups is 1. The highest BCUT2D eigenvalue weighted by molar-refractivity contribution is 5.94. The van der Waals surface area contributed by atoms with E-state index in [0.29, 0.717) is 30.4 Å². The van der Waals surface area contributed by atoms with Crippen LogP contribution in [0.4, 0.5) is 5.95 Å². The summed E-state index contributed by atoms with van der Waals surface area (Å²) in [5.41, 5.74) is 4.04. The van der Waals surface area contributed by atoms with E-state index in [9.17, 15) is 4.79 Å². The van der Waals surface area contributed by atoms with Crippen LogP contribution in [-0.4, -0.2) is 53.7 Å². The Morgan fingerprint density at radius 2 is 2.06 bits per heavy atom. The summed E-state index contributed by atoms with van der Waals surface area (Å²) >= 11 is 0. The highest BCUT2D eigenvalue weighted by atomic mass is 16.5. The topological polar surface area (TPSA) is 84.6 Å². The third-order valence-electron chi connectivity index (χ3n) is 5.44. The van der Waals surface area contributed by atoms with Gasteiger partial charge in [0, 0.05) is 45.6 Å². The van der Waals surface area contributed by atoms with E-state index in [0.717, 1.165) is 35.4 Å². The van der Waals surface area contributed by atoms with Crippen LogP contribution in [0.5, 0.6) is 0 Å². The fourth-order valence-corrected chi connectivity index (χ4v) is 3.91. The van der Waals surface area contributed by atoms with Crippen LogP contribution in [0.3, 0.4) is 0 Å². The zero-order valence-corrected chi connectivity index (χ0v) is 18.3. The predicted octanol–water partition coefficient (Wildman–Crippen LogP) is 3.63. The van der Waals surface area contributed by atoms with Crippen molar-refractivity contribution in [2.75, 3.05) is 32.6 Å². The summed E-state index contributed by atoms with van der Waals surface area (Å²) in [5, 5.41) is 4.01. The zero-order valence-electron chi connectivity index (χ0n) is 18.3. The Labute approximate surface area is 181 Å². The summed E-state index contributed by atoms with van der Waals surface area (Å²) < 4.78 is 10.7. The van der Waals surface area contributed by atoms with Crippen LogP contribution in [0.1, 0.15) is 46.2 Å². The maximum atomic E-state index is 13.4. The first kappa shape index (κ1) is 21.0. The maximum Gasteiger partial charge on any atom is 0.254 e. The molecule has 1 atom stereocenters. The highest BCUT2D eigenvalue weighted by Crippen LogP contribution is 2.38. The number of rotatable bonds is 6. The van der Waals surface area contributed by atoms with Crippen LogP contribution in [0.25, 0.3) is 11.3 Å². The number of ether oxygens (including phenoxy) is 1. The second-order valence-corrected chi connectivity index (χ2v) is 7.98. The van der Waals surface area contributed by atoms with Crippen molar-refractivity contribution in [2.24, 2.45) is 0 Å². The molecule has 0 spiro atoms. The lowest BCUT2D eigenvalue weighted by atomic mass is 10.0. The first-order chi connectivity index (χ1) is 15.0. The molecule has 8 heteroatoms. The highest BCUT2D eigenvalue weighted by Gasteiger charge is 2.34. The van der Waals surface area contributed by atoms with Gasteiger partial charge in [0.15, 0.2) is 5.76 Å². The number of aryl methyl sites for hydroxylation is 1. The van der Waals surface area contributed by atoms with Crippen LogP contribution in [0.2, 0.25) is 0 Å². The molecule has 0 radical (unpaired) electrons. The second-order valence-electron chi connectivity index (χ2n) is 7.98. The molecular weight excluding hydrogens is 394 g/mol. The standard InChI is InChI=1S/C23H27N5O3/c1-15-12-20(31-26-15)18-13-24-23(27(2)3)25-21(18)19-6-5-11-28(19)22(29)17-9-7-16(8-10-17)14-30-4/h7-10,12-13,19H,5-6,11,14H2,1-4H3/t19-/m0/s1. The summed E-state index contributed by atoms with van der Waals surface area (Å²) in [6.45, 7) is 3.08. The van der Waals surface area contributed by atoms with Gasteiger partial charge in [-0.25, -0.2) is 9.97 Å². The molecule has 0 N–H and O–H groups in total. The van der Waals surface area contributed by atoms with E-state index in [4.69, 9.17) is 14.2 Å². The van der Waals surface area contributed by atoms with Gasteiger partial charge in [-0.3, -0.25) is 4.79 Å². The van der Waals surface area contributed by atoms with Gasteiger partial charge in [0.25, 0.3) is 5.91 Å². The Bertz CT molecular complexity index is 1060. The molecule has 0 bridgehead atoms. The minimum atomic E-state index is -0.159. The number of amides is 1. The third kappa shape index (κ3) is 4.29. The molecule has 0 aliphatic carbocycles. The lowest BCUT2D eigenvalue weighted by molar-refractivity contribution is 0.0733. The smallest absolute Gasteiger partial charge is 0.254 e. The third-order valence-corrected chi connectivity index (χ3v) is 5.44. The van der Waals surface area contributed by atoms with Gasteiger partial charge in [-0.15, -0.1) is 0 Å². The molecule has 1 amide bonds. The molecule has 1 aliphatic rings. The summed E-state index contributed by atoms with van der Waals surface area (Å²) in [6.07, 6.45) is 3.50. The van der Waals surface area contributed by atoms with E-state index in [2.05, 4.69) is 10.1 Å². The van der Waals surface area contributed by atoms with Crippen molar-refractivity contribution in [3.05, 3.63) is 59.0 Å². The maximum absolute atomic E-state index is 13.4. The predicted molar refractivity (Wildman–Crippen MR) is 117 cm³/mol. The Kier molecular flexibility index (Phi) is 5.99. The molecule has 1 aliphatic heterocycles. The number of likely N-dealkylation sites (tertiary alicyclic amines) is 1. The van der Waals surface area contributed by atoms with Gasteiger partial charge >= 0.3 is 0 Å². The summed E-state index contributed by atoms with van der Waals surface area (Å²) in [4.78, 5) is 26.4. The second kappa shape index (κ2) is 8.85. The number of anilines is 1. The number of hydrogen-bond donors (Lipinski definition) is 0. The normalized spacial score (nSPS) is 16.0. The van der Waals surface area contributed by atoms with Crippen LogP contribution in [0.15, 0.2) is 41.1 Å². The van der Waals surface area contributed by atoms with Gasteiger partial charge in [-0.2, -0.15) is 0 Å². The molecule has 1 saturated heterocycles. The zero-order chi connectivity index (χ0) is 22.0. The summed E-state index contributed by atoms with van der Waals surface area (Å²) in [5.74, 6) is 1.20. The molecule has 1 aromatic carbocycles. The first-order valence-corrected chi connectivity index (χ1v) is 10.3. The molecule has 0 saturated carbocycles. The van der Waals surface area contributed by atoms with Gasteiger partial charge in [-0.1, -0.05) is 17.3 Å². The summed E-state index contributed by atoms with van der Waals surface area (Å²) in [6, 6.07) is 9.29. The molecule has 31 heavy (non-hydrogen) atoms. The Morgan fingerprint density at radius 1 is 1.29 bits per heavy atom. The number of benzene rings is 1. The molecule has 0 unspecified atom stereocenters. The molecule has 4 rings (SSSR count). The van der Waals surface area contributed by atoms with E-state index >= 15 is 0 Å². The van der Waals surface area contributed by atoms with E-state index in [1.807, 2.05) is 61.2 Å². The van der Waals surface area contributed by atoms with Gasteiger partial charge in [0.2, 0.25) is 5.95 Å². The number of hydrogen-bond acceptors (Lipinski definition) is 7. The Balaban J connectivity index is 1.70.